The molecule has 1 saturated heterocycles. The van der Waals surface area contributed by atoms with E-state index in [0.29, 0.717) is 28.1 Å². The van der Waals surface area contributed by atoms with Crippen molar-refractivity contribution in [2.75, 3.05) is 18.9 Å². The van der Waals surface area contributed by atoms with E-state index >= 15 is 0 Å². The lowest BCUT2D eigenvalue weighted by Gasteiger charge is -2.40. The predicted molar refractivity (Wildman–Crippen MR) is 131 cm³/mol. The molecule has 5 rings (SSSR count). The smallest absolute Gasteiger partial charge is 0.363 e. The van der Waals surface area contributed by atoms with Crippen LogP contribution in [0.15, 0.2) is 36.4 Å². The number of hydrogen-bond donors (Lipinski definition) is 4. The number of anilines is 1. The monoisotopic (exact) mass is 563 g/mol. The van der Waals surface area contributed by atoms with Crippen LogP contribution in [0, 0.1) is 5.82 Å². The van der Waals surface area contributed by atoms with Gasteiger partial charge in [-0.3, -0.25) is 14.5 Å². The third kappa shape index (κ3) is 4.31. The van der Waals surface area contributed by atoms with E-state index in [2.05, 4.69) is 16.0 Å². The van der Waals surface area contributed by atoms with E-state index in [0.717, 1.165) is 12.1 Å². The van der Waals surface area contributed by atoms with Crippen molar-refractivity contribution in [2.45, 2.75) is 49.7 Å². The Morgan fingerprint density at radius 2 is 1.77 bits per heavy atom. The number of fused-ring (bicyclic) bond motifs is 3. The van der Waals surface area contributed by atoms with Crippen molar-refractivity contribution < 1.29 is 41.8 Å². The molecule has 2 aromatic carbocycles. The van der Waals surface area contributed by atoms with Gasteiger partial charge in [0.2, 0.25) is 11.6 Å². The fourth-order valence-corrected chi connectivity index (χ4v) is 5.60. The standard InChI is InChI=1S/C26H25F4N5O5/c1-31-22(38)32-18-4-5-19-15(11-18)6-8-24(19)21(37)34(23(39)33-24)13-20(36)35-12-16-2-3-17(27)10-14(16)7-9-25(35,40)26(28,29)30/h2-5,10-11,40H,6-9,12-13H2,1H3,(H,33,39)(H2,31,32,38)/t24?,25-/m0/s1. The van der Waals surface area contributed by atoms with Crippen LogP contribution in [0.25, 0.3) is 0 Å². The number of benzene rings is 2. The predicted octanol–water partition coefficient (Wildman–Crippen LogP) is 2.50. The normalized spacial score (nSPS) is 23.9. The average molecular weight is 564 g/mol. The molecule has 2 aromatic rings. The lowest BCUT2D eigenvalue weighted by molar-refractivity contribution is -0.313. The molecule has 0 radical (unpaired) electrons. The number of nitrogens with zero attached hydrogens (tertiary/aromatic N) is 2. The first-order chi connectivity index (χ1) is 18.8. The molecule has 4 N–H and O–H groups in total. The molecule has 0 bridgehead atoms. The summed E-state index contributed by atoms with van der Waals surface area (Å²) in [5.74, 6) is -2.79. The number of carbonyl (C=O) groups excluding carboxylic acids is 4. The molecule has 2 aliphatic heterocycles. The molecule has 14 heteroatoms. The lowest BCUT2D eigenvalue weighted by Crippen LogP contribution is -2.62. The minimum Gasteiger partial charge on any atom is -0.363 e. The Morgan fingerprint density at radius 3 is 2.48 bits per heavy atom. The van der Waals surface area contributed by atoms with Crippen molar-refractivity contribution in [2.24, 2.45) is 0 Å². The van der Waals surface area contributed by atoms with Crippen molar-refractivity contribution in [3.8, 4) is 0 Å². The van der Waals surface area contributed by atoms with Crippen LogP contribution in [0.2, 0.25) is 0 Å². The number of aliphatic hydroxyl groups is 1. The number of hydrogen-bond acceptors (Lipinski definition) is 5. The van der Waals surface area contributed by atoms with Gasteiger partial charge in [-0.25, -0.2) is 14.0 Å². The van der Waals surface area contributed by atoms with Gasteiger partial charge in [0.25, 0.3) is 5.91 Å². The molecular formula is C26H25F4N5O5. The van der Waals surface area contributed by atoms with E-state index in [1.54, 1.807) is 12.1 Å². The van der Waals surface area contributed by atoms with Crippen molar-refractivity contribution in [3.63, 3.8) is 0 Å². The molecule has 3 aliphatic rings. The quantitative estimate of drug-likeness (QED) is 0.337. The van der Waals surface area contributed by atoms with Crippen LogP contribution >= 0.6 is 0 Å². The minimum atomic E-state index is -5.27. The third-order valence-corrected chi connectivity index (χ3v) is 7.73. The van der Waals surface area contributed by atoms with Crippen LogP contribution in [-0.4, -0.2) is 64.3 Å². The van der Waals surface area contributed by atoms with Gasteiger partial charge in [0.05, 0.1) is 0 Å². The fourth-order valence-electron chi connectivity index (χ4n) is 5.60. The molecule has 10 nitrogen and oxygen atoms in total. The van der Waals surface area contributed by atoms with E-state index in [1.807, 2.05) is 0 Å². The summed E-state index contributed by atoms with van der Waals surface area (Å²) >= 11 is 0. The van der Waals surface area contributed by atoms with Gasteiger partial charge in [-0.15, -0.1) is 0 Å². The summed E-state index contributed by atoms with van der Waals surface area (Å²) in [5, 5.41) is 18.4. The number of halogens is 4. The number of carbonyl (C=O) groups is 4. The van der Waals surface area contributed by atoms with E-state index in [-0.39, 0.29) is 28.9 Å². The molecule has 1 fully saturated rings. The molecule has 1 spiro atoms. The molecule has 40 heavy (non-hydrogen) atoms. The zero-order valence-corrected chi connectivity index (χ0v) is 21.2. The highest BCUT2D eigenvalue weighted by Gasteiger charge is 2.61. The number of imide groups is 1. The number of alkyl halides is 3. The van der Waals surface area contributed by atoms with E-state index in [4.69, 9.17) is 0 Å². The molecule has 2 atom stereocenters. The first-order valence-corrected chi connectivity index (χ1v) is 12.4. The number of rotatable bonds is 3. The third-order valence-electron chi connectivity index (χ3n) is 7.73. The average Bonchev–Trinajstić information content (AvgIpc) is 3.31. The summed E-state index contributed by atoms with van der Waals surface area (Å²) in [6, 6.07) is 6.64. The molecule has 6 amide bonds. The SMILES string of the molecule is CNC(=O)Nc1ccc2c(c1)CCC21NC(=O)N(CC(=O)N2Cc3ccc(F)cc3CC[C@]2(O)C(F)(F)F)C1=O. The van der Waals surface area contributed by atoms with Crippen LogP contribution in [0.4, 0.5) is 32.8 Å². The molecular weight excluding hydrogens is 538 g/mol. The molecule has 212 valence electrons. The second kappa shape index (κ2) is 9.47. The topological polar surface area (TPSA) is 131 Å². The van der Waals surface area contributed by atoms with Crippen molar-refractivity contribution >= 4 is 29.6 Å². The maximum absolute atomic E-state index is 14.1. The molecule has 2 heterocycles. The summed E-state index contributed by atoms with van der Waals surface area (Å²) in [5.41, 5.74) is -3.16. The summed E-state index contributed by atoms with van der Waals surface area (Å²) < 4.78 is 56.1. The number of aryl methyl sites for hydroxylation is 2. The van der Waals surface area contributed by atoms with Crippen LogP contribution < -0.4 is 16.0 Å². The largest absolute Gasteiger partial charge is 0.436 e. The van der Waals surface area contributed by atoms with E-state index < -0.39 is 66.6 Å². The molecule has 1 aliphatic carbocycles. The van der Waals surface area contributed by atoms with Crippen LogP contribution in [0.5, 0.6) is 0 Å². The Labute approximate surface area is 225 Å². The zero-order valence-electron chi connectivity index (χ0n) is 21.2. The minimum absolute atomic E-state index is 0.135. The number of amides is 6. The summed E-state index contributed by atoms with van der Waals surface area (Å²) in [7, 11) is 1.44. The van der Waals surface area contributed by atoms with E-state index in [1.165, 1.54) is 19.2 Å². The maximum atomic E-state index is 14.1. The first kappa shape index (κ1) is 27.4. The summed E-state index contributed by atoms with van der Waals surface area (Å²) in [6.45, 7) is -1.75. The van der Waals surface area contributed by atoms with Crippen LogP contribution in [0.1, 0.15) is 35.1 Å². The van der Waals surface area contributed by atoms with Crippen molar-refractivity contribution in [3.05, 3.63) is 64.5 Å². The van der Waals surface area contributed by atoms with Gasteiger partial charge in [0.1, 0.15) is 17.9 Å². The molecule has 0 aromatic heterocycles. The van der Waals surface area contributed by atoms with Gasteiger partial charge < -0.3 is 26.0 Å². The van der Waals surface area contributed by atoms with Gasteiger partial charge in [-0.2, -0.15) is 13.2 Å². The van der Waals surface area contributed by atoms with Crippen molar-refractivity contribution in [1.29, 1.82) is 0 Å². The van der Waals surface area contributed by atoms with Gasteiger partial charge in [-0.1, -0.05) is 12.1 Å². The molecule has 0 saturated carbocycles. The highest BCUT2D eigenvalue weighted by Crippen LogP contribution is 2.43. The Hall–Kier alpha value is -4.20. The maximum Gasteiger partial charge on any atom is 0.436 e. The lowest BCUT2D eigenvalue weighted by atomic mass is 9.91. The first-order valence-electron chi connectivity index (χ1n) is 12.4. The Balaban J connectivity index is 1.42. The summed E-state index contributed by atoms with van der Waals surface area (Å²) in [6.07, 6.45) is -6.10. The summed E-state index contributed by atoms with van der Waals surface area (Å²) in [4.78, 5) is 52.2. The second-order valence-corrected chi connectivity index (χ2v) is 10.0. The van der Waals surface area contributed by atoms with Crippen LogP contribution in [0.3, 0.4) is 0 Å². The number of nitrogens with one attached hydrogen (secondary N) is 3. The Kier molecular flexibility index (Phi) is 6.48. The highest BCUT2D eigenvalue weighted by molar-refractivity contribution is 6.10. The second-order valence-electron chi connectivity index (χ2n) is 10.0. The fraction of sp³-hybridized carbons (Fsp3) is 0.385. The van der Waals surface area contributed by atoms with Crippen LogP contribution in [-0.2, 0) is 34.5 Å². The highest BCUT2D eigenvalue weighted by atomic mass is 19.4. The van der Waals surface area contributed by atoms with Gasteiger partial charge >= 0.3 is 18.2 Å². The van der Waals surface area contributed by atoms with E-state index in [9.17, 15) is 41.8 Å². The van der Waals surface area contributed by atoms with Gasteiger partial charge in [-0.05, 0) is 65.8 Å². The Bertz CT molecular complexity index is 1430. The number of urea groups is 2. The zero-order chi connectivity index (χ0) is 29.0. The van der Waals surface area contributed by atoms with Gasteiger partial charge in [0, 0.05) is 25.7 Å². The molecule has 1 unspecified atom stereocenters. The Morgan fingerprint density at radius 1 is 1.05 bits per heavy atom. The van der Waals surface area contributed by atoms with Gasteiger partial charge in [0.15, 0.2) is 0 Å². The van der Waals surface area contributed by atoms with Crippen molar-refractivity contribution in [1.82, 2.24) is 20.4 Å².